The summed E-state index contributed by atoms with van der Waals surface area (Å²) in [5.41, 5.74) is 3.14. The van der Waals surface area contributed by atoms with E-state index in [4.69, 9.17) is 33.7 Å². The SMILES string of the molecule is Cc1ccc(S(=O)(=O)n2ccc3c(-c4ccc5nc(N6CCC(N7C[C@@H](C)N(C(=O)OC(C)(C)C)C[C@@H]7C)CC6)nc(C(COC6CCCCO6)(OC6CC6)c6cccc(OCc7ccccc7)c6)c5c4)cn(C)c(=O)c32)cc1. The first-order valence-corrected chi connectivity index (χ1v) is 29.4. The second-order valence-electron chi connectivity index (χ2n) is 23.1. The summed E-state index contributed by atoms with van der Waals surface area (Å²) in [6.07, 6.45) is 8.56. The normalized spacial score (nSPS) is 20.6. The molecule has 3 aliphatic heterocycles. The van der Waals surface area contributed by atoms with Crippen LogP contribution in [0.3, 0.4) is 0 Å². The molecule has 4 fully saturated rings. The van der Waals surface area contributed by atoms with Crippen molar-refractivity contribution in [3.05, 3.63) is 148 Å². The average molecular weight is 1090 g/mol. The number of anilines is 1. The topological polar surface area (TPSA) is 160 Å². The number of piperazine rings is 1. The van der Waals surface area contributed by atoms with Crippen LogP contribution in [0.2, 0.25) is 0 Å². The van der Waals surface area contributed by atoms with E-state index >= 15 is 0 Å². The van der Waals surface area contributed by atoms with Gasteiger partial charge in [-0.2, -0.15) is 0 Å². The minimum Gasteiger partial charge on any atom is -0.489 e. The van der Waals surface area contributed by atoms with Crippen LogP contribution in [0.4, 0.5) is 10.7 Å². The van der Waals surface area contributed by atoms with Gasteiger partial charge >= 0.3 is 6.09 Å². The van der Waals surface area contributed by atoms with E-state index in [2.05, 4.69) is 29.7 Å². The zero-order chi connectivity index (χ0) is 55.2. The molecule has 17 heteroatoms. The zero-order valence-electron chi connectivity index (χ0n) is 46.5. The number of fused-ring (bicyclic) bond motifs is 2. The third kappa shape index (κ3) is 11.4. The Bertz CT molecular complexity index is 3510. The lowest BCUT2D eigenvalue weighted by molar-refractivity contribution is -0.197. The number of amides is 1. The van der Waals surface area contributed by atoms with Crippen molar-refractivity contribution < 1.29 is 36.9 Å². The Kier molecular flexibility index (Phi) is 15.2. The molecular formula is C62H73N7O9S. The standard InChI is InChI=1S/C62H73N7O9S/c1-41-19-24-50(25-20-41)79(72,73)69-32-29-51-53(38-65(7)58(70)56(51)69)45-21-26-54-52(34-45)57(64-59(63-54)66-30-27-47(28-31-66)67-36-43(3)68(37-42(67)2)60(71)78-61(4,5)6)62(77-48-22-23-48,40-76-55-18-11-12-33-74-55)46-16-13-17-49(35-46)75-39-44-14-9-8-10-15-44/h8-10,13-17,19-21,24-26,29,32,34-35,38,42-43,47-48,55H,11-12,18,22-23,27-28,30-31,33,36-37,39-40H2,1-7H3/t42-,43+,55?,62?/m0/s1. The van der Waals surface area contributed by atoms with E-state index in [9.17, 15) is 18.0 Å². The monoisotopic (exact) mass is 1090 g/mol. The van der Waals surface area contributed by atoms with Gasteiger partial charge in [-0.05, 0) is 146 Å². The smallest absolute Gasteiger partial charge is 0.410 e. The predicted molar refractivity (Wildman–Crippen MR) is 305 cm³/mol. The van der Waals surface area contributed by atoms with Crippen LogP contribution < -0.4 is 15.2 Å². The molecule has 1 aliphatic carbocycles. The van der Waals surface area contributed by atoms with Crippen molar-refractivity contribution in [2.45, 2.75) is 140 Å². The fourth-order valence-electron chi connectivity index (χ4n) is 11.5. The van der Waals surface area contributed by atoms with Gasteiger partial charge in [-0.3, -0.25) is 9.69 Å². The molecule has 3 aromatic heterocycles. The molecule has 6 heterocycles. The third-order valence-electron chi connectivity index (χ3n) is 15.9. The van der Waals surface area contributed by atoms with Gasteiger partial charge in [0, 0.05) is 86.7 Å². The Morgan fingerprint density at radius 1 is 0.823 bits per heavy atom. The molecule has 79 heavy (non-hydrogen) atoms. The second kappa shape index (κ2) is 22.1. The van der Waals surface area contributed by atoms with E-state index in [1.165, 1.54) is 10.8 Å². The van der Waals surface area contributed by atoms with E-state index in [-0.39, 0.29) is 47.3 Å². The van der Waals surface area contributed by atoms with Crippen LogP contribution in [0.25, 0.3) is 32.9 Å². The average Bonchev–Trinajstić information content (AvgIpc) is 4.29. The summed E-state index contributed by atoms with van der Waals surface area (Å²) in [5, 5.41) is 1.19. The van der Waals surface area contributed by atoms with E-state index in [1.54, 1.807) is 43.6 Å². The Morgan fingerprint density at radius 3 is 2.32 bits per heavy atom. The van der Waals surface area contributed by atoms with Gasteiger partial charge in [-0.1, -0.05) is 66.2 Å². The summed E-state index contributed by atoms with van der Waals surface area (Å²) in [5.74, 6) is 1.23. The number of hydrogen-bond donors (Lipinski definition) is 0. The number of carbonyl (C=O) groups is 1. The van der Waals surface area contributed by atoms with Crippen LogP contribution in [0.5, 0.6) is 5.75 Å². The fraction of sp³-hybridized carbons (Fsp3) is 0.452. The highest BCUT2D eigenvalue weighted by molar-refractivity contribution is 7.90. The minimum atomic E-state index is -4.15. The van der Waals surface area contributed by atoms with Gasteiger partial charge in [0.25, 0.3) is 15.6 Å². The molecule has 416 valence electrons. The molecule has 0 N–H and O–H groups in total. The molecular weight excluding hydrogens is 1020 g/mol. The first kappa shape index (κ1) is 54.3. The number of ether oxygens (including phenoxy) is 5. The molecule has 0 radical (unpaired) electrons. The largest absolute Gasteiger partial charge is 0.489 e. The maximum atomic E-state index is 14.3. The van der Waals surface area contributed by atoms with E-state index in [1.807, 2.05) is 99.3 Å². The fourth-order valence-corrected chi connectivity index (χ4v) is 12.8. The molecule has 4 aromatic carbocycles. The second-order valence-corrected chi connectivity index (χ2v) is 24.9. The van der Waals surface area contributed by atoms with Crippen LogP contribution in [0.1, 0.15) is 102 Å². The van der Waals surface area contributed by atoms with Crippen molar-refractivity contribution in [3.63, 3.8) is 0 Å². The lowest BCUT2D eigenvalue weighted by atomic mass is 9.87. The van der Waals surface area contributed by atoms with Crippen molar-refractivity contribution in [3.8, 4) is 16.9 Å². The maximum absolute atomic E-state index is 14.3. The molecule has 3 saturated heterocycles. The number of hydrogen-bond acceptors (Lipinski definition) is 13. The first-order chi connectivity index (χ1) is 37.9. The number of aryl methyl sites for hydroxylation is 2. The summed E-state index contributed by atoms with van der Waals surface area (Å²) >= 11 is 0. The summed E-state index contributed by atoms with van der Waals surface area (Å²) < 4.78 is 64.1. The molecule has 11 rings (SSSR count). The highest BCUT2D eigenvalue weighted by Gasteiger charge is 2.46. The number of rotatable bonds is 15. The van der Waals surface area contributed by atoms with Gasteiger partial charge in [0.15, 0.2) is 11.9 Å². The van der Waals surface area contributed by atoms with Gasteiger partial charge in [0.2, 0.25) is 5.95 Å². The number of carbonyl (C=O) groups excluding carboxylic acids is 1. The van der Waals surface area contributed by atoms with E-state index < -0.39 is 33.1 Å². The van der Waals surface area contributed by atoms with Crippen LogP contribution in [0, 0.1) is 6.92 Å². The van der Waals surface area contributed by atoms with Crippen molar-refractivity contribution in [2.75, 3.05) is 44.3 Å². The molecule has 1 saturated carbocycles. The molecule has 0 spiro atoms. The predicted octanol–water partition coefficient (Wildman–Crippen LogP) is 10.3. The maximum Gasteiger partial charge on any atom is 0.410 e. The summed E-state index contributed by atoms with van der Waals surface area (Å²) in [6, 6.07) is 32.9. The minimum absolute atomic E-state index is 0.00751. The Hall–Kier alpha value is -6.63. The Morgan fingerprint density at radius 2 is 1.59 bits per heavy atom. The number of aromatic nitrogens is 4. The molecule has 4 aliphatic rings. The first-order valence-electron chi connectivity index (χ1n) is 28.0. The number of nitrogens with zero attached hydrogens (tertiary/aromatic N) is 7. The summed E-state index contributed by atoms with van der Waals surface area (Å²) in [6.45, 7) is 15.7. The van der Waals surface area contributed by atoms with Gasteiger partial charge < -0.3 is 38.1 Å². The summed E-state index contributed by atoms with van der Waals surface area (Å²) in [4.78, 5) is 45.3. The number of benzene rings is 4. The molecule has 7 aromatic rings. The lowest BCUT2D eigenvalue weighted by Crippen LogP contribution is -2.62. The Balaban J connectivity index is 1.03. The highest BCUT2D eigenvalue weighted by Crippen LogP contribution is 2.45. The van der Waals surface area contributed by atoms with E-state index in [0.29, 0.717) is 72.1 Å². The van der Waals surface area contributed by atoms with Crippen molar-refractivity contribution >= 4 is 43.9 Å². The zero-order valence-corrected chi connectivity index (χ0v) is 47.3. The van der Waals surface area contributed by atoms with Gasteiger partial charge in [0.05, 0.1) is 28.8 Å². The number of piperidine rings is 1. The van der Waals surface area contributed by atoms with Crippen molar-refractivity contribution in [1.29, 1.82) is 0 Å². The molecule has 4 atom stereocenters. The molecule has 1 amide bonds. The molecule has 0 bridgehead atoms. The van der Waals surface area contributed by atoms with Crippen LogP contribution in [-0.2, 0) is 48.2 Å². The highest BCUT2D eigenvalue weighted by atomic mass is 32.2. The van der Waals surface area contributed by atoms with Crippen molar-refractivity contribution in [2.24, 2.45) is 7.05 Å². The van der Waals surface area contributed by atoms with Crippen molar-refractivity contribution in [1.82, 2.24) is 28.3 Å². The molecule has 2 unspecified atom stereocenters. The van der Waals surface area contributed by atoms with Gasteiger partial charge in [-0.15, -0.1) is 0 Å². The summed E-state index contributed by atoms with van der Waals surface area (Å²) in [7, 11) is -2.51. The Labute approximate surface area is 463 Å². The van der Waals surface area contributed by atoms with Gasteiger partial charge in [-0.25, -0.2) is 27.2 Å². The van der Waals surface area contributed by atoms with Gasteiger partial charge in [0.1, 0.15) is 23.5 Å². The van der Waals surface area contributed by atoms with Crippen LogP contribution in [0.15, 0.2) is 125 Å². The van der Waals surface area contributed by atoms with Crippen LogP contribution >= 0.6 is 0 Å². The van der Waals surface area contributed by atoms with E-state index in [0.717, 1.165) is 77.7 Å². The molecule has 16 nitrogen and oxygen atoms in total. The quantitative estimate of drug-likeness (QED) is 0.0955. The third-order valence-corrected chi connectivity index (χ3v) is 17.6. The van der Waals surface area contributed by atoms with Crippen LogP contribution in [-0.4, -0.2) is 118 Å². The number of pyridine rings is 1. The lowest BCUT2D eigenvalue weighted by Gasteiger charge is -2.49.